The Labute approximate surface area is 199 Å². The van der Waals surface area contributed by atoms with Crippen molar-refractivity contribution in [2.75, 3.05) is 26.7 Å². The third-order valence-electron chi connectivity index (χ3n) is 8.97. The number of urea groups is 1. The molecule has 2 aromatic rings. The molecule has 1 spiro atoms. The summed E-state index contributed by atoms with van der Waals surface area (Å²) in [5, 5.41) is 0. The highest BCUT2D eigenvalue weighted by Gasteiger charge is 2.55. The Balaban J connectivity index is 1.41. The van der Waals surface area contributed by atoms with E-state index in [0.29, 0.717) is 5.92 Å². The molecule has 0 radical (unpaired) electrons. The molecule has 0 unspecified atom stereocenters. The number of amides is 2. The average Bonchev–Trinajstić information content (AvgIpc) is 3.07. The van der Waals surface area contributed by atoms with E-state index in [9.17, 15) is 4.79 Å². The molecule has 1 aliphatic heterocycles. The molecule has 4 nitrogen and oxygen atoms in total. The minimum absolute atomic E-state index is 0.0195. The summed E-state index contributed by atoms with van der Waals surface area (Å²) in [5.41, 5.74) is 2.71. The van der Waals surface area contributed by atoms with E-state index < -0.39 is 0 Å². The van der Waals surface area contributed by atoms with Crippen molar-refractivity contribution in [1.82, 2.24) is 14.7 Å². The second-order valence-electron chi connectivity index (χ2n) is 10.7. The lowest BCUT2D eigenvalue weighted by molar-refractivity contribution is 0.00699. The standard InChI is InChI=1S/C29H39N3O/c1-3-30(2)29(26-15-8-5-9-16-26)19-17-28(18-20-29)23-31(21-24-11-6-4-7-12-24)27(33)32(28)22-25-13-10-14-25/h4-9,11-12,15-16,25H,3,10,13-14,17-23H2,1-2H3/t28-,29+. The molecule has 5 rings (SSSR count). The fourth-order valence-electron chi connectivity index (χ4n) is 6.51. The van der Waals surface area contributed by atoms with Gasteiger partial charge >= 0.3 is 6.03 Å². The van der Waals surface area contributed by atoms with Gasteiger partial charge in [0.05, 0.1) is 5.54 Å². The molecule has 1 heterocycles. The van der Waals surface area contributed by atoms with Gasteiger partial charge in [0.1, 0.15) is 0 Å². The summed E-state index contributed by atoms with van der Waals surface area (Å²) in [5.74, 6) is 0.696. The van der Waals surface area contributed by atoms with Crippen molar-refractivity contribution >= 4 is 6.03 Å². The van der Waals surface area contributed by atoms with E-state index in [1.54, 1.807) is 0 Å². The predicted molar refractivity (Wildman–Crippen MR) is 134 cm³/mol. The van der Waals surface area contributed by atoms with Gasteiger partial charge in [0.2, 0.25) is 0 Å². The molecule has 2 amide bonds. The summed E-state index contributed by atoms with van der Waals surface area (Å²) in [6.45, 7) is 5.84. The van der Waals surface area contributed by atoms with Crippen LogP contribution in [0.2, 0.25) is 0 Å². The molecule has 176 valence electrons. The van der Waals surface area contributed by atoms with Crippen LogP contribution in [-0.4, -0.2) is 53.0 Å². The third kappa shape index (κ3) is 4.07. The van der Waals surface area contributed by atoms with E-state index >= 15 is 0 Å². The Morgan fingerprint density at radius 2 is 1.58 bits per heavy atom. The quantitative estimate of drug-likeness (QED) is 0.532. The first kappa shape index (κ1) is 22.5. The van der Waals surface area contributed by atoms with Crippen molar-refractivity contribution in [2.24, 2.45) is 5.92 Å². The van der Waals surface area contributed by atoms with Crippen LogP contribution in [0.5, 0.6) is 0 Å². The van der Waals surface area contributed by atoms with E-state index in [0.717, 1.165) is 51.9 Å². The Kier molecular flexibility index (Phi) is 6.22. The normalized spacial score (nSPS) is 28.0. The zero-order chi connectivity index (χ0) is 22.9. The highest BCUT2D eigenvalue weighted by atomic mass is 16.2. The van der Waals surface area contributed by atoms with Crippen molar-refractivity contribution in [3.8, 4) is 0 Å². The Morgan fingerprint density at radius 3 is 2.15 bits per heavy atom. The second-order valence-corrected chi connectivity index (χ2v) is 10.7. The Hall–Kier alpha value is -2.33. The molecule has 0 atom stereocenters. The topological polar surface area (TPSA) is 26.8 Å². The first-order valence-corrected chi connectivity index (χ1v) is 12.9. The first-order valence-electron chi connectivity index (χ1n) is 12.9. The van der Waals surface area contributed by atoms with Crippen LogP contribution in [0.15, 0.2) is 60.7 Å². The number of nitrogens with zero attached hydrogens (tertiary/aromatic N) is 3. The Bertz CT molecular complexity index is 932. The number of hydrogen-bond donors (Lipinski definition) is 0. The molecule has 2 saturated carbocycles. The van der Waals surface area contributed by atoms with Gasteiger partial charge in [-0.3, -0.25) is 4.90 Å². The molecular weight excluding hydrogens is 406 g/mol. The largest absolute Gasteiger partial charge is 0.320 e. The zero-order valence-electron chi connectivity index (χ0n) is 20.4. The van der Waals surface area contributed by atoms with Gasteiger partial charge in [0.25, 0.3) is 0 Å². The lowest BCUT2D eigenvalue weighted by Crippen LogP contribution is -2.57. The monoisotopic (exact) mass is 445 g/mol. The SMILES string of the molecule is CCN(C)[C@]1(c2ccccc2)CC[C@]2(CC1)CN(Cc1ccccc1)C(=O)N2CC1CCC1. The van der Waals surface area contributed by atoms with E-state index in [2.05, 4.69) is 83.3 Å². The number of rotatable bonds is 7. The summed E-state index contributed by atoms with van der Waals surface area (Å²) in [6, 6.07) is 21.8. The number of benzene rings is 2. The van der Waals surface area contributed by atoms with Crippen LogP contribution >= 0.6 is 0 Å². The van der Waals surface area contributed by atoms with Gasteiger partial charge in [-0.2, -0.15) is 0 Å². The third-order valence-corrected chi connectivity index (χ3v) is 8.97. The van der Waals surface area contributed by atoms with Gasteiger partial charge < -0.3 is 9.80 Å². The highest BCUT2D eigenvalue weighted by molar-refractivity contribution is 5.78. The smallest absolute Gasteiger partial charge is 0.318 e. The summed E-state index contributed by atoms with van der Waals surface area (Å²) in [6.07, 6.45) is 8.26. The summed E-state index contributed by atoms with van der Waals surface area (Å²) < 4.78 is 0. The summed E-state index contributed by atoms with van der Waals surface area (Å²) in [7, 11) is 2.28. The van der Waals surface area contributed by atoms with E-state index in [1.165, 1.54) is 30.4 Å². The minimum Gasteiger partial charge on any atom is -0.318 e. The van der Waals surface area contributed by atoms with Crippen LogP contribution in [0.1, 0.15) is 63.0 Å². The van der Waals surface area contributed by atoms with E-state index in [-0.39, 0.29) is 17.1 Å². The van der Waals surface area contributed by atoms with Gasteiger partial charge in [-0.1, -0.05) is 74.0 Å². The molecule has 0 aromatic heterocycles. The molecule has 2 aliphatic carbocycles. The zero-order valence-corrected chi connectivity index (χ0v) is 20.4. The van der Waals surface area contributed by atoms with Gasteiger partial charge in [-0.15, -0.1) is 0 Å². The maximum Gasteiger partial charge on any atom is 0.320 e. The number of hydrogen-bond acceptors (Lipinski definition) is 2. The maximum atomic E-state index is 13.7. The minimum atomic E-state index is -0.0195. The van der Waals surface area contributed by atoms with Crippen LogP contribution < -0.4 is 0 Å². The van der Waals surface area contributed by atoms with Crippen LogP contribution in [0, 0.1) is 5.92 Å². The molecule has 0 N–H and O–H groups in total. The molecule has 3 fully saturated rings. The number of carbonyl (C=O) groups excluding carboxylic acids is 1. The lowest BCUT2D eigenvalue weighted by atomic mass is 9.68. The lowest BCUT2D eigenvalue weighted by Gasteiger charge is -2.52. The Morgan fingerprint density at radius 1 is 0.939 bits per heavy atom. The van der Waals surface area contributed by atoms with Gasteiger partial charge in [-0.25, -0.2) is 4.79 Å². The molecule has 0 bridgehead atoms. The summed E-state index contributed by atoms with van der Waals surface area (Å²) in [4.78, 5) is 20.7. The molecular formula is C29H39N3O. The van der Waals surface area contributed by atoms with Crippen molar-refractivity contribution in [1.29, 1.82) is 0 Å². The molecule has 4 heteroatoms. The molecule has 1 saturated heterocycles. The molecule has 2 aromatic carbocycles. The van der Waals surface area contributed by atoms with Crippen LogP contribution in [-0.2, 0) is 12.1 Å². The highest BCUT2D eigenvalue weighted by Crippen LogP contribution is 2.50. The molecule has 33 heavy (non-hydrogen) atoms. The van der Waals surface area contributed by atoms with Gasteiger partial charge in [-0.05, 0) is 69.2 Å². The first-order chi connectivity index (χ1) is 16.1. The van der Waals surface area contributed by atoms with Crippen LogP contribution in [0.3, 0.4) is 0 Å². The molecule has 3 aliphatic rings. The van der Waals surface area contributed by atoms with E-state index in [4.69, 9.17) is 0 Å². The van der Waals surface area contributed by atoms with Crippen molar-refractivity contribution in [3.63, 3.8) is 0 Å². The maximum absolute atomic E-state index is 13.7. The van der Waals surface area contributed by atoms with E-state index in [1.807, 2.05) is 6.07 Å². The predicted octanol–water partition coefficient (Wildman–Crippen LogP) is 5.88. The fraction of sp³-hybridized carbons (Fsp3) is 0.552. The second kappa shape index (κ2) is 9.13. The van der Waals surface area contributed by atoms with Crippen molar-refractivity contribution in [2.45, 2.75) is 69.5 Å². The fourth-order valence-corrected chi connectivity index (χ4v) is 6.51. The van der Waals surface area contributed by atoms with Crippen LogP contribution in [0.4, 0.5) is 4.79 Å². The van der Waals surface area contributed by atoms with Crippen molar-refractivity contribution in [3.05, 3.63) is 71.8 Å². The van der Waals surface area contributed by atoms with Gasteiger partial charge in [0, 0.05) is 25.2 Å². The van der Waals surface area contributed by atoms with Gasteiger partial charge in [0.15, 0.2) is 0 Å². The van der Waals surface area contributed by atoms with Crippen molar-refractivity contribution < 1.29 is 4.79 Å². The van der Waals surface area contributed by atoms with Crippen LogP contribution in [0.25, 0.3) is 0 Å². The number of carbonyl (C=O) groups is 1. The average molecular weight is 446 g/mol. The summed E-state index contributed by atoms with van der Waals surface area (Å²) >= 11 is 0.